The zero-order valence-electron chi connectivity index (χ0n) is 11.7. The van der Waals surface area contributed by atoms with E-state index >= 15 is 0 Å². The molecule has 2 fully saturated rings. The van der Waals surface area contributed by atoms with E-state index in [-0.39, 0.29) is 18.1 Å². The van der Waals surface area contributed by atoms with Crippen LogP contribution in [0.25, 0.3) is 0 Å². The molecule has 0 bridgehead atoms. The fourth-order valence-electron chi connectivity index (χ4n) is 3.27. The zero-order valence-corrected chi connectivity index (χ0v) is 11.7. The Labute approximate surface area is 119 Å². The monoisotopic (exact) mass is 274 g/mol. The molecule has 0 aromatic heterocycles. The largest absolute Gasteiger partial charge is 0.392 e. The van der Waals surface area contributed by atoms with Crippen molar-refractivity contribution in [3.05, 3.63) is 35.9 Å². The summed E-state index contributed by atoms with van der Waals surface area (Å²) in [7, 11) is 0. The molecule has 2 heterocycles. The second kappa shape index (κ2) is 5.94. The highest BCUT2D eigenvalue weighted by Gasteiger charge is 2.34. The van der Waals surface area contributed by atoms with Gasteiger partial charge in [-0.05, 0) is 30.7 Å². The molecule has 2 aliphatic heterocycles. The first-order valence-corrected chi connectivity index (χ1v) is 7.46. The lowest BCUT2D eigenvalue weighted by atomic mass is 9.99. The molecule has 108 valence electrons. The number of hydrogen-bond acceptors (Lipinski definition) is 3. The minimum Gasteiger partial charge on any atom is -0.392 e. The van der Waals surface area contributed by atoms with Gasteiger partial charge in [-0.15, -0.1) is 0 Å². The average Bonchev–Trinajstić information content (AvgIpc) is 3.08. The minimum atomic E-state index is -0.369. The van der Waals surface area contributed by atoms with Crippen LogP contribution in [0, 0.1) is 5.92 Å². The smallest absolute Gasteiger partial charge is 0.239 e. The lowest BCUT2D eigenvalue weighted by Crippen LogP contribution is -2.42. The van der Waals surface area contributed by atoms with Crippen LogP contribution in [0.4, 0.5) is 0 Å². The Morgan fingerprint density at radius 3 is 2.85 bits per heavy atom. The Kier molecular flexibility index (Phi) is 4.03. The number of β-amino-alcohol motifs (C(OH)–C–C–N with tert-alkyl or cyclic N) is 1. The number of benzene rings is 1. The normalized spacial score (nSPS) is 29.9. The average molecular weight is 274 g/mol. The van der Waals surface area contributed by atoms with E-state index < -0.39 is 0 Å². The van der Waals surface area contributed by atoms with E-state index in [1.54, 1.807) is 0 Å². The van der Waals surface area contributed by atoms with Crippen LogP contribution in [0.15, 0.2) is 30.3 Å². The molecule has 4 nitrogen and oxygen atoms in total. The van der Waals surface area contributed by atoms with Crippen LogP contribution >= 0.6 is 0 Å². The molecule has 0 unspecified atom stereocenters. The highest BCUT2D eigenvalue weighted by molar-refractivity contribution is 5.82. The summed E-state index contributed by atoms with van der Waals surface area (Å²) in [6.07, 6.45) is 2.31. The number of likely N-dealkylation sites (tertiary alicyclic amines) is 1. The van der Waals surface area contributed by atoms with Gasteiger partial charge in [-0.1, -0.05) is 30.3 Å². The van der Waals surface area contributed by atoms with Crippen molar-refractivity contribution in [2.24, 2.45) is 5.92 Å². The number of rotatable bonds is 3. The maximum absolute atomic E-state index is 12.3. The third-order valence-corrected chi connectivity index (χ3v) is 4.37. The van der Waals surface area contributed by atoms with Crippen molar-refractivity contribution in [3.8, 4) is 0 Å². The van der Waals surface area contributed by atoms with E-state index in [0.29, 0.717) is 18.9 Å². The van der Waals surface area contributed by atoms with E-state index in [9.17, 15) is 9.90 Å². The van der Waals surface area contributed by atoms with Gasteiger partial charge < -0.3 is 15.3 Å². The van der Waals surface area contributed by atoms with Crippen LogP contribution in [0.5, 0.6) is 0 Å². The molecule has 3 atom stereocenters. The number of carbonyl (C=O) groups is 1. The Hall–Kier alpha value is -1.39. The predicted molar refractivity (Wildman–Crippen MR) is 77.2 cm³/mol. The predicted octanol–water partition coefficient (Wildman–Crippen LogP) is 0.800. The van der Waals surface area contributed by atoms with Gasteiger partial charge in [0.1, 0.15) is 0 Å². The first-order valence-electron chi connectivity index (χ1n) is 7.46. The van der Waals surface area contributed by atoms with Crippen LogP contribution in [-0.4, -0.2) is 47.7 Å². The molecule has 0 aliphatic carbocycles. The van der Waals surface area contributed by atoms with Crippen LogP contribution in [0.3, 0.4) is 0 Å². The summed E-state index contributed by atoms with van der Waals surface area (Å²) >= 11 is 0. The van der Waals surface area contributed by atoms with Crippen molar-refractivity contribution >= 4 is 5.91 Å². The lowest BCUT2D eigenvalue weighted by molar-refractivity contribution is -0.132. The van der Waals surface area contributed by atoms with E-state index in [2.05, 4.69) is 29.6 Å². The first-order chi connectivity index (χ1) is 9.72. The quantitative estimate of drug-likeness (QED) is 0.857. The molecule has 1 amide bonds. The van der Waals surface area contributed by atoms with Gasteiger partial charge in [0.2, 0.25) is 5.91 Å². The number of nitrogens with zero attached hydrogens (tertiary/aromatic N) is 1. The van der Waals surface area contributed by atoms with Crippen molar-refractivity contribution in [1.29, 1.82) is 0 Å². The lowest BCUT2D eigenvalue weighted by Gasteiger charge is -2.20. The first kappa shape index (κ1) is 13.6. The van der Waals surface area contributed by atoms with E-state index in [0.717, 1.165) is 25.9 Å². The van der Waals surface area contributed by atoms with Crippen LogP contribution in [-0.2, 0) is 11.2 Å². The number of aliphatic hydroxyl groups excluding tert-OH is 1. The molecule has 20 heavy (non-hydrogen) atoms. The summed E-state index contributed by atoms with van der Waals surface area (Å²) in [4.78, 5) is 14.3. The third-order valence-electron chi connectivity index (χ3n) is 4.37. The van der Waals surface area contributed by atoms with E-state index in [1.165, 1.54) is 5.56 Å². The molecule has 2 aliphatic rings. The SMILES string of the molecule is O=C([C@@H]1C[C@@H](O)CN1)N1CC[C@H](Cc2ccccc2)C1. The fraction of sp³-hybridized carbons (Fsp3) is 0.562. The van der Waals surface area contributed by atoms with E-state index in [1.807, 2.05) is 11.0 Å². The molecule has 0 spiro atoms. The molecule has 4 heteroatoms. The van der Waals surface area contributed by atoms with Crippen LogP contribution in [0.2, 0.25) is 0 Å². The minimum absolute atomic E-state index is 0.164. The second-order valence-electron chi connectivity index (χ2n) is 5.98. The molecule has 3 rings (SSSR count). The molecule has 2 N–H and O–H groups in total. The van der Waals surface area contributed by atoms with Crippen LogP contribution in [0.1, 0.15) is 18.4 Å². The number of nitrogens with one attached hydrogen (secondary N) is 1. The van der Waals surface area contributed by atoms with Gasteiger partial charge in [-0.25, -0.2) is 0 Å². The Balaban J connectivity index is 1.53. The fourth-order valence-corrected chi connectivity index (χ4v) is 3.27. The summed E-state index contributed by atoms with van der Waals surface area (Å²) in [6.45, 7) is 2.24. The maximum atomic E-state index is 12.3. The molecule has 2 saturated heterocycles. The Bertz CT molecular complexity index is 463. The van der Waals surface area contributed by atoms with Gasteiger partial charge >= 0.3 is 0 Å². The molecule has 0 radical (unpaired) electrons. The number of hydrogen-bond donors (Lipinski definition) is 2. The molecule has 1 aromatic carbocycles. The summed E-state index contributed by atoms with van der Waals surface area (Å²) in [6, 6.07) is 10.3. The number of amides is 1. The third kappa shape index (κ3) is 3.02. The topological polar surface area (TPSA) is 52.6 Å². The Morgan fingerprint density at radius 1 is 1.35 bits per heavy atom. The standard InChI is InChI=1S/C16H22N2O2/c19-14-9-15(17-10-14)16(20)18-7-6-13(11-18)8-12-4-2-1-3-5-12/h1-5,13-15,17,19H,6-11H2/t13-,14-,15+/m1/s1. The Morgan fingerprint density at radius 2 is 2.15 bits per heavy atom. The van der Waals surface area contributed by atoms with Crippen LogP contribution < -0.4 is 5.32 Å². The number of aliphatic hydroxyl groups is 1. The maximum Gasteiger partial charge on any atom is 0.239 e. The van der Waals surface area contributed by atoms with Gasteiger partial charge in [-0.3, -0.25) is 4.79 Å². The highest BCUT2D eigenvalue weighted by atomic mass is 16.3. The highest BCUT2D eigenvalue weighted by Crippen LogP contribution is 2.22. The molecule has 0 saturated carbocycles. The van der Waals surface area contributed by atoms with Gasteiger partial charge in [0.25, 0.3) is 0 Å². The summed E-state index contributed by atoms with van der Waals surface area (Å²) in [5, 5.41) is 12.6. The zero-order chi connectivity index (χ0) is 13.9. The van der Waals surface area contributed by atoms with Gasteiger partial charge in [0.15, 0.2) is 0 Å². The van der Waals surface area contributed by atoms with Gasteiger partial charge in [-0.2, -0.15) is 0 Å². The van der Waals surface area contributed by atoms with Crippen molar-refractivity contribution < 1.29 is 9.90 Å². The summed E-state index contributed by atoms with van der Waals surface area (Å²) in [5.41, 5.74) is 1.35. The summed E-state index contributed by atoms with van der Waals surface area (Å²) in [5.74, 6) is 0.727. The summed E-state index contributed by atoms with van der Waals surface area (Å²) < 4.78 is 0. The number of carbonyl (C=O) groups excluding carboxylic acids is 1. The molecular formula is C16H22N2O2. The van der Waals surface area contributed by atoms with Gasteiger partial charge in [0, 0.05) is 19.6 Å². The van der Waals surface area contributed by atoms with E-state index in [4.69, 9.17) is 0 Å². The second-order valence-corrected chi connectivity index (χ2v) is 5.98. The van der Waals surface area contributed by atoms with Crippen molar-refractivity contribution in [3.63, 3.8) is 0 Å². The van der Waals surface area contributed by atoms with Crippen molar-refractivity contribution in [1.82, 2.24) is 10.2 Å². The molecular weight excluding hydrogens is 252 g/mol. The van der Waals surface area contributed by atoms with Crippen molar-refractivity contribution in [2.45, 2.75) is 31.4 Å². The molecule has 1 aromatic rings. The van der Waals surface area contributed by atoms with Gasteiger partial charge in [0.05, 0.1) is 12.1 Å². The van der Waals surface area contributed by atoms with Crippen molar-refractivity contribution in [2.75, 3.05) is 19.6 Å².